The second-order valence-corrected chi connectivity index (χ2v) is 6.04. The van der Waals surface area contributed by atoms with E-state index in [1.165, 1.54) is 0 Å². The van der Waals surface area contributed by atoms with E-state index in [2.05, 4.69) is 5.32 Å². The van der Waals surface area contributed by atoms with Gasteiger partial charge in [0.2, 0.25) is 5.91 Å². The third-order valence-corrected chi connectivity index (χ3v) is 4.31. The Kier molecular flexibility index (Phi) is 4.85. The number of aliphatic carboxylic acids is 1. The molecule has 7 nitrogen and oxygen atoms in total. The molecule has 1 saturated heterocycles. The standard InChI is InChI=1S/C18H19NO6/c1-2-9-24-18(23)10-3-5-11(6-4-10)19-16(20)14-12-7-8-13(25-12)15(14)17(21)22/h3-8,12-15H,2,9H2,1H3,(H,19,20)(H,21,22)/t12-,13-,14+,15-/m0/s1. The van der Waals surface area contributed by atoms with Crippen LogP contribution in [0.15, 0.2) is 36.4 Å². The summed E-state index contributed by atoms with van der Waals surface area (Å²) in [4.78, 5) is 35.7. The highest BCUT2D eigenvalue weighted by Crippen LogP contribution is 2.39. The van der Waals surface area contributed by atoms with Gasteiger partial charge in [-0.1, -0.05) is 19.1 Å². The fourth-order valence-electron chi connectivity index (χ4n) is 3.11. The zero-order valence-electron chi connectivity index (χ0n) is 13.7. The van der Waals surface area contributed by atoms with Gasteiger partial charge in [0, 0.05) is 5.69 Å². The molecule has 0 saturated carbocycles. The zero-order valence-corrected chi connectivity index (χ0v) is 13.7. The zero-order chi connectivity index (χ0) is 18.0. The Labute approximate surface area is 144 Å². The monoisotopic (exact) mass is 345 g/mol. The van der Waals surface area contributed by atoms with Crippen molar-refractivity contribution in [1.29, 1.82) is 0 Å². The number of carboxylic acids is 1. The van der Waals surface area contributed by atoms with Crippen molar-refractivity contribution in [2.75, 3.05) is 11.9 Å². The Balaban J connectivity index is 1.66. The summed E-state index contributed by atoms with van der Waals surface area (Å²) < 4.78 is 10.5. The molecule has 7 heteroatoms. The highest BCUT2D eigenvalue weighted by Gasteiger charge is 2.53. The molecule has 3 rings (SSSR count). The van der Waals surface area contributed by atoms with Crippen LogP contribution < -0.4 is 5.32 Å². The van der Waals surface area contributed by atoms with E-state index in [0.29, 0.717) is 17.9 Å². The molecule has 1 aromatic carbocycles. The maximum atomic E-state index is 12.5. The number of nitrogens with one attached hydrogen (secondary N) is 1. The molecule has 4 atom stereocenters. The van der Waals surface area contributed by atoms with Crippen molar-refractivity contribution < 1.29 is 29.0 Å². The molecule has 2 aliphatic rings. The number of amides is 1. The van der Waals surface area contributed by atoms with Gasteiger partial charge in [-0.25, -0.2) is 4.79 Å². The van der Waals surface area contributed by atoms with Crippen LogP contribution in [0.3, 0.4) is 0 Å². The van der Waals surface area contributed by atoms with Crippen LogP contribution in [-0.4, -0.2) is 41.8 Å². The second kappa shape index (κ2) is 7.06. The first-order valence-corrected chi connectivity index (χ1v) is 8.16. The van der Waals surface area contributed by atoms with E-state index in [4.69, 9.17) is 9.47 Å². The van der Waals surface area contributed by atoms with E-state index in [1.54, 1.807) is 36.4 Å². The summed E-state index contributed by atoms with van der Waals surface area (Å²) in [5.41, 5.74) is 0.869. The number of carbonyl (C=O) groups excluding carboxylic acids is 2. The molecule has 25 heavy (non-hydrogen) atoms. The molecule has 0 spiro atoms. The first-order valence-electron chi connectivity index (χ1n) is 8.16. The minimum absolute atomic E-state index is 0.353. The highest BCUT2D eigenvalue weighted by molar-refractivity contribution is 5.97. The molecule has 0 aromatic heterocycles. The van der Waals surface area contributed by atoms with Gasteiger partial charge in [0.05, 0.1) is 30.3 Å². The lowest BCUT2D eigenvalue weighted by atomic mass is 9.82. The SMILES string of the molecule is CCCOC(=O)c1ccc(NC(=O)[C@H]2[C@@H](C(=O)O)[C@@H]3C=C[C@@H]2O3)cc1. The number of anilines is 1. The van der Waals surface area contributed by atoms with Crippen molar-refractivity contribution >= 4 is 23.5 Å². The number of ether oxygens (including phenoxy) is 2. The van der Waals surface area contributed by atoms with Gasteiger partial charge in [0.25, 0.3) is 0 Å². The van der Waals surface area contributed by atoms with Crippen LogP contribution in [0.2, 0.25) is 0 Å². The molecular formula is C18H19NO6. The highest BCUT2D eigenvalue weighted by atomic mass is 16.5. The Hall–Kier alpha value is -2.67. The summed E-state index contributed by atoms with van der Waals surface area (Å²) in [6.07, 6.45) is 3.07. The number of esters is 1. The minimum atomic E-state index is -1.05. The number of rotatable bonds is 6. The van der Waals surface area contributed by atoms with Crippen molar-refractivity contribution in [3.8, 4) is 0 Å². The molecule has 2 aliphatic heterocycles. The number of hydrogen-bond acceptors (Lipinski definition) is 5. The number of fused-ring (bicyclic) bond motifs is 2. The van der Waals surface area contributed by atoms with Gasteiger partial charge in [0.1, 0.15) is 5.92 Å². The van der Waals surface area contributed by atoms with Crippen molar-refractivity contribution in [1.82, 2.24) is 0 Å². The Morgan fingerprint density at radius 3 is 2.36 bits per heavy atom. The van der Waals surface area contributed by atoms with Crippen LogP contribution in [0.1, 0.15) is 23.7 Å². The molecule has 1 aromatic rings. The normalized spacial score (nSPS) is 26.4. The third-order valence-electron chi connectivity index (χ3n) is 4.31. The lowest BCUT2D eigenvalue weighted by Gasteiger charge is -2.21. The van der Waals surface area contributed by atoms with Crippen LogP contribution in [-0.2, 0) is 19.1 Å². The predicted octanol–water partition coefficient (Wildman–Crippen LogP) is 1.85. The summed E-state index contributed by atoms with van der Waals surface area (Å²) in [5, 5.41) is 12.0. The molecule has 2 heterocycles. The van der Waals surface area contributed by atoms with Crippen LogP contribution in [0.25, 0.3) is 0 Å². The molecular weight excluding hydrogens is 326 g/mol. The number of carboxylic acid groups (broad SMARTS) is 1. The molecule has 2 bridgehead atoms. The summed E-state index contributed by atoms with van der Waals surface area (Å²) in [7, 11) is 0. The number of carbonyl (C=O) groups is 3. The van der Waals surface area contributed by atoms with Crippen LogP contribution in [0.4, 0.5) is 5.69 Å². The van der Waals surface area contributed by atoms with Crippen molar-refractivity contribution in [3.05, 3.63) is 42.0 Å². The van der Waals surface area contributed by atoms with Crippen LogP contribution in [0, 0.1) is 11.8 Å². The van der Waals surface area contributed by atoms with Gasteiger partial charge in [0.15, 0.2) is 0 Å². The maximum absolute atomic E-state index is 12.5. The van der Waals surface area contributed by atoms with E-state index in [1.807, 2.05) is 6.92 Å². The van der Waals surface area contributed by atoms with Crippen LogP contribution >= 0.6 is 0 Å². The smallest absolute Gasteiger partial charge is 0.338 e. The number of hydrogen-bond donors (Lipinski definition) is 2. The van der Waals surface area contributed by atoms with Crippen molar-refractivity contribution in [2.45, 2.75) is 25.6 Å². The Bertz CT molecular complexity index is 711. The Morgan fingerprint density at radius 1 is 1.12 bits per heavy atom. The summed E-state index contributed by atoms with van der Waals surface area (Å²) in [5.74, 6) is -3.55. The van der Waals surface area contributed by atoms with E-state index in [-0.39, 0.29) is 0 Å². The molecule has 0 aliphatic carbocycles. The fourth-order valence-corrected chi connectivity index (χ4v) is 3.11. The third kappa shape index (κ3) is 3.41. The van der Waals surface area contributed by atoms with Gasteiger partial charge in [-0.2, -0.15) is 0 Å². The molecule has 1 amide bonds. The first kappa shape index (κ1) is 17.2. The van der Waals surface area contributed by atoms with Crippen molar-refractivity contribution in [2.24, 2.45) is 11.8 Å². The van der Waals surface area contributed by atoms with Crippen LogP contribution in [0.5, 0.6) is 0 Å². The summed E-state index contributed by atoms with van der Waals surface area (Å²) in [6, 6.07) is 6.28. The molecule has 1 fully saturated rings. The fraction of sp³-hybridized carbons (Fsp3) is 0.389. The predicted molar refractivity (Wildman–Crippen MR) is 88.1 cm³/mol. The summed E-state index contributed by atoms with van der Waals surface area (Å²) in [6.45, 7) is 2.26. The van der Waals surface area contributed by atoms with E-state index in [0.717, 1.165) is 6.42 Å². The molecule has 132 valence electrons. The topological polar surface area (TPSA) is 102 Å². The number of benzene rings is 1. The maximum Gasteiger partial charge on any atom is 0.338 e. The van der Waals surface area contributed by atoms with Gasteiger partial charge < -0.3 is 19.9 Å². The molecule has 0 unspecified atom stereocenters. The minimum Gasteiger partial charge on any atom is -0.481 e. The lowest BCUT2D eigenvalue weighted by molar-refractivity contribution is -0.145. The second-order valence-electron chi connectivity index (χ2n) is 6.04. The van der Waals surface area contributed by atoms with E-state index in [9.17, 15) is 19.5 Å². The Morgan fingerprint density at radius 2 is 1.76 bits per heavy atom. The van der Waals surface area contributed by atoms with Gasteiger partial charge in [-0.15, -0.1) is 0 Å². The average Bonchev–Trinajstić information content (AvgIpc) is 3.21. The average molecular weight is 345 g/mol. The van der Waals surface area contributed by atoms with Crippen molar-refractivity contribution in [3.63, 3.8) is 0 Å². The first-order chi connectivity index (χ1) is 12.0. The van der Waals surface area contributed by atoms with E-state index >= 15 is 0 Å². The van der Waals surface area contributed by atoms with Gasteiger partial charge in [-0.3, -0.25) is 9.59 Å². The largest absolute Gasteiger partial charge is 0.481 e. The van der Waals surface area contributed by atoms with Gasteiger partial charge >= 0.3 is 11.9 Å². The van der Waals surface area contributed by atoms with Gasteiger partial charge in [-0.05, 0) is 30.7 Å². The van der Waals surface area contributed by atoms with E-state index < -0.39 is 41.9 Å². The summed E-state index contributed by atoms with van der Waals surface area (Å²) >= 11 is 0. The molecule has 2 N–H and O–H groups in total. The quantitative estimate of drug-likeness (QED) is 0.603. The lowest BCUT2D eigenvalue weighted by Crippen LogP contribution is -2.39. The molecule has 0 radical (unpaired) electrons.